The normalized spacial score (nSPS) is 11.0. The van der Waals surface area contributed by atoms with E-state index < -0.39 is 0 Å². The minimum atomic E-state index is 0. The molecule has 0 atom stereocenters. The van der Waals surface area contributed by atoms with E-state index in [0.717, 1.165) is 42.5 Å². The molecular weight excluding hydrogens is 405 g/mol. The van der Waals surface area contributed by atoms with E-state index in [9.17, 15) is 0 Å². The second-order valence-corrected chi connectivity index (χ2v) is 5.46. The van der Waals surface area contributed by atoms with Crippen molar-refractivity contribution in [3.8, 4) is 11.5 Å². The Morgan fingerprint density at radius 2 is 1.91 bits per heavy atom. The van der Waals surface area contributed by atoms with E-state index in [1.807, 2.05) is 18.2 Å². The van der Waals surface area contributed by atoms with Crippen molar-refractivity contribution in [2.75, 3.05) is 27.3 Å². The topological polar surface area (TPSA) is 54.9 Å². The number of nitrogens with zero attached hydrogens (tertiary/aromatic N) is 1. The molecule has 0 spiro atoms. The molecule has 2 N–H and O–H groups in total. The first-order valence-electron chi connectivity index (χ1n) is 7.84. The molecule has 132 valence electrons. The fraction of sp³-hybridized carbons (Fsp3) is 0.588. The van der Waals surface area contributed by atoms with Crippen LogP contribution in [0.15, 0.2) is 23.2 Å². The molecule has 1 aromatic rings. The Labute approximate surface area is 157 Å². The number of rotatable bonds is 8. The van der Waals surface area contributed by atoms with E-state index in [0.29, 0.717) is 12.5 Å². The number of halogens is 1. The summed E-state index contributed by atoms with van der Waals surface area (Å²) in [5.74, 6) is 2.97. The lowest BCUT2D eigenvalue weighted by atomic mass is 10.1. The maximum absolute atomic E-state index is 5.44. The highest BCUT2D eigenvalue weighted by molar-refractivity contribution is 14.0. The first-order chi connectivity index (χ1) is 10.6. The molecule has 0 aromatic heterocycles. The Morgan fingerprint density at radius 3 is 2.48 bits per heavy atom. The molecular formula is C17H30IN3O2. The van der Waals surface area contributed by atoms with Crippen LogP contribution in [0.5, 0.6) is 11.5 Å². The van der Waals surface area contributed by atoms with Crippen LogP contribution in [0.4, 0.5) is 0 Å². The molecule has 0 unspecified atom stereocenters. The van der Waals surface area contributed by atoms with Gasteiger partial charge in [-0.3, -0.25) is 0 Å². The van der Waals surface area contributed by atoms with Gasteiger partial charge in [0, 0.05) is 18.7 Å². The molecule has 0 radical (unpaired) electrons. The van der Waals surface area contributed by atoms with E-state index in [1.165, 1.54) is 0 Å². The lowest BCUT2D eigenvalue weighted by Crippen LogP contribution is -2.38. The van der Waals surface area contributed by atoms with Crippen molar-refractivity contribution < 1.29 is 9.47 Å². The minimum Gasteiger partial charge on any atom is -0.493 e. The van der Waals surface area contributed by atoms with Gasteiger partial charge in [-0.25, -0.2) is 4.99 Å². The maximum atomic E-state index is 5.44. The fourth-order valence-corrected chi connectivity index (χ4v) is 2.06. The number of guanidine groups is 1. The van der Waals surface area contributed by atoms with Crippen LogP contribution in [0.2, 0.25) is 0 Å². The molecule has 0 amide bonds. The highest BCUT2D eigenvalue weighted by atomic mass is 127. The average Bonchev–Trinajstić information content (AvgIpc) is 2.51. The third-order valence-electron chi connectivity index (χ3n) is 3.25. The van der Waals surface area contributed by atoms with Gasteiger partial charge in [-0.1, -0.05) is 26.0 Å². The molecule has 0 aliphatic heterocycles. The van der Waals surface area contributed by atoms with Crippen LogP contribution in [0.25, 0.3) is 0 Å². The van der Waals surface area contributed by atoms with Crippen molar-refractivity contribution in [2.45, 2.75) is 33.7 Å². The highest BCUT2D eigenvalue weighted by Gasteiger charge is 2.09. The average molecular weight is 435 g/mol. The van der Waals surface area contributed by atoms with E-state index in [2.05, 4.69) is 36.4 Å². The Hall–Kier alpha value is -1.18. The zero-order valence-corrected chi connectivity index (χ0v) is 17.1. The van der Waals surface area contributed by atoms with Crippen molar-refractivity contribution in [3.63, 3.8) is 0 Å². The first kappa shape index (κ1) is 21.8. The van der Waals surface area contributed by atoms with Crippen LogP contribution in [-0.2, 0) is 6.54 Å². The van der Waals surface area contributed by atoms with Gasteiger partial charge >= 0.3 is 0 Å². The number of hydrogen-bond donors (Lipinski definition) is 2. The summed E-state index contributed by atoms with van der Waals surface area (Å²) in [7, 11) is 3.29. The Bertz CT molecular complexity index is 479. The lowest BCUT2D eigenvalue weighted by Gasteiger charge is -2.14. The molecule has 0 aliphatic carbocycles. The van der Waals surface area contributed by atoms with Crippen LogP contribution in [0, 0.1) is 5.92 Å². The molecule has 0 bridgehead atoms. The van der Waals surface area contributed by atoms with Crippen LogP contribution >= 0.6 is 24.0 Å². The molecule has 6 heteroatoms. The largest absolute Gasteiger partial charge is 0.493 e. The molecule has 0 fully saturated rings. The number of hydrogen-bond acceptors (Lipinski definition) is 3. The lowest BCUT2D eigenvalue weighted by molar-refractivity contribution is 0.352. The summed E-state index contributed by atoms with van der Waals surface area (Å²) in [5, 5.41) is 6.61. The third kappa shape index (κ3) is 7.76. The van der Waals surface area contributed by atoms with Gasteiger partial charge in [-0.2, -0.15) is 0 Å². The summed E-state index contributed by atoms with van der Waals surface area (Å²) in [6, 6.07) is 5.84. The Kier molecular flexibility index (Phi) is 11.6. The summed E-state index contributed by atoms with van der Waals surface area (Å²) in [4.78, 5) is 4.62. The molecule has 0 saturated carbocycles. The molecule has 5 nitrogen and oxygen atoms in total. The molecule has 23 heavy (non-hydrogen) atoms. The van der Waals surface area contributed by atoms with Crippen molar-refractivity contribution in [1.29, 1.82) is 0 Å². The number of nitrogens with one attached hydrogen (secondary N) is 2. The van der Waals surface area contributed by atoms with E-state index in [1.54, 1.807) is 14.2 Å². The predicted molar refractivity (Wildman–Crippen MR) is 107 cm³/mol. The maximum Gasteiger partial charge on any atom is 0.191 e. The SMILES string of the molecule is CCNC(=NCc1cccc(OC)c1OC)NCCC(C)C.I. The highest BCUT2D eigenvalue weighted by Crippen LogP contribution is 2.30. The van der Waals surface area contributed by atoms with E-state index in [4.69, 9.17) is 9.47 Å². The van der Waals surface area contributed by atoms with Gasteiger partial charge in [-0.15, -0.1) is 24.0 Å². The Balaban J connectivity index is 0.00000484. The molecule has 1 rings (SSSR count). The van der Waals surface area contributed by atoms with Crippen molar-refractivity contribution in [3.05, 3.63) is 23.8 Å². The fourth-order valence-electron chi connectivity index (χ4n) is 2.06. The summed E-state index contributed by atoms with van der Waals surface area (Å²) in [6.45, 7) is 8.78. The number of aliphatic imine (C=N–C) groups is 1. The van der Waals surface area contributed by atoms with Gasteiger partial charge in [0.15, 0.2) is 17.5 Å². The van der Waals surface area contributed by atoms with Gasteiger partial charge in [0.05, 0.1) is 20.8 Å². The monoisotopic (exact) mass is 435 g/mol. The zero-order chi connectivity index (χ0) is 16.4. The minimum absolute atomic E-state index is 0. The van der Waals surface area contributed by atoms with Crippen molar-refractivity contribution >= 4 is 29.9 Å². The second kappa shape index (κ2) is 12.3. The molecule has 0 aliphatic rings. The molecule has 0 heterocycles. The number of ether oxygens (including phenoxy) is 2. The van der Waals surface area contributed by atoms with Gasteiger partial charge in [0.1, 0.15) is 0 Å². The summed E-state index contributed by atoms with van der Waals surface area (Å²) in [5.41, 5.74) is 1.00. The quantitative estimate of drug-likeness (QED) is 0.373. The van der Waals surface area contributed by atoms with Crippen LogP contribution in [-0.4, -0.2) is 33.3 Å². The van der Waals surface area contributed by atoms with Crippen molar-refractivity contribution in [2.24, 2.45) is 10.9 Å². The standard InChI is InChI=1S/C17H29N3O2.HI/c1-6-18-17(19-11-10-13(2)3)20-12-14-8-7-9-15(21-4)16(14)22-5;/h7-9,13H,6,10-12H2,1-5H3,(H2,18,19,20);1H. The van der Waals surface area contributed by atoms with Crippen LogP contribution in [0.1, 0.15) is 32.8 Å². The predicted octanol–water partition coefficient (Wildman–Crippen LogP) is 3.42. The molecule has 1 aromatic carbocycles. The Morgan fingerprint density at radius 1 is 1.17 bits per heavy atom. The number of methoxy groups -OCH3 is 2. The van der Waals surface area contributed by atoms with Gasteiger partial charge in [-0.05, 0) is 25.3 Å². The van der Waals surface area contributed by atoms with Crippen LogP contribution in [0.3, 0.4) is 0 Å². The summed E-state index contributed by atoms with van der Waals surface area (Å²) < 4.78 is 10.8. The van der Waals surface area contributed by atoms with E-state index >= 15 is 0 Å². The summed E-state index contributed by atoms with van der Waals surface area (Å²) >= 11 is 0. The van der Waals surface area contributed by atoms with Crippen molar-refractivity contribution in [1.82, 2.24) is 10.6 Å². The number of para-hydroxylation sites is 1. The van der Waals surface area contributed by atoms with E-state index in [-0.39, 0.29) is 24.0 Å². The van der Waals surface area contributed by atoms with Gasteiger partial charge in [0.2, 0.25) is 0 Å². The number of benzene rings is 1. The zero-order valence-electron chi connectivity index (χ0n) is 14.8. The first-order valence-corrected chi connectivity index (χ1v) is 7.84. The van der Waals surface area contributed by atoms with Gasteiger partial charge < -0.3 is 20.1 Å². The van der Waals surface area contributed by atoms with Crippen LogP contribution < -0.4 is 20.1 Å². The summed E-state index contributed by atoms with van der Waals surface area (Å²) in [6.07, 6.45) is 1.12. The molecule has 0 saturated heterocycles. The third-order valence-corrected chi connectivity index (χ3v) is 3.25. The van der Waals surface area contributed by atoms with Gasteiger partial charge in [0.25, 0.3) is 0 Å². The second-order valence-electron chi connectivity index (χ2n) is 5.46. The smallest absolute Gasteiger partial charge is 0.191 e.